The van der Waals surface area contributed by atoms with E-state index in [4.69, 9.17) is 4.42 Å². The molecular formula is C41H27NO. The van der Waals surface area contributed by atoms with Gasteiger partial charge in [0.1, 0.15) is 11.2 Å². The Morgan fingerprint density at radius 3 is 1.84 bits per heavy atom. The fourth-order valence-corrected chi connectivity index (χ4v) is 8.15. The number of benzene rings is 7. The monoisotopic (exact) mass is 549 g/mol. The van der Waals surface area contributed by atoms with Crippen LogP contribution >= 0.6 is 0 Å². The Morgan fingerprint density at radius 1 is 0.488 bits per heavy atom. The second-order valence-electron chi connectivity index (χ2n) is 12.5. The van der Waals surface area contributed by atoms with E-state index in [1.54, 1.807) is 0 Å². The van der Waals surface area contributed by atoms with E-state index < -0.39 is 0 Å². The summed E-state index contributed by atoms with van der Waals surface area (Å²) in [6.45, 7) is 4.76. The van der Waals surface area contributed by atoms with Crippen molar-refractivity contribution in [1.82, 2.24) is 4.98 Å². The third-order valence-electron chi connectivity index (χ3n) is 9.95. The van der Waals surface area contributed by atoms with Crippen LogP contribution in [0.4, 0.5) is 0 Å². The lowest BCUT2D eigenvalue weighted by molar-refractivity contribution is 0.614. The molecule has 0 atom stereocenters. The van der Waals surface area contributed by atoms with E-state index in [9.17, 15) is 0 Å². The molecule has 0 fully saturated rings. The summed E-state index contributed by atoms with van der Waals surface area (Å²) < 4.78 is 6.90. The Kier molecular flexibility index (Phi) is 4.29. The third kappa shape index (κ3) is 2.88. The molecule has 2 heterocycles. The van der Waals surface area contributed by atoms with Gasteiger partial charge in [-0.3, -0.25) is 0 Å². The molecule has 0 bridgehead atoms. The standard InChI is InChI=1S/C41H27NO/c1-41(2)37-29(17-19-31-35-25-11-5-3-9-23(25)15-21-33(35)42-39(31)37)27-13-7-8-14-28(27)30-18-20-32-36-26-12-6-4-10-24(26)16-22-34(36)43-40(32)38(30)41/h3-22,42H,1-2H3. The minimum absolute atomic E-state index is 0.372. The molecule has 2 heteroatoms. The summed E-state index contributed by atoms with van der Waals surface area (Å²) in [4.78, 5) is 3.91. The van der Waals surface area contributed by atoms with Gasteiger partial charge in [-0.05, 0) is 67.6 Å². The minimum atomic E-state index is -0.372. The molecule has 0 unspecified atom stereocenters. The van der Waals surface area contributed by atoms with Crippen molar-refractivity contribution in [3.8, 4) is 22.3 Å². The fourth-order valence-electron chi connectivity index (χ4n) is 8.15. The first-order valence-corrected chi connectivity index (χ1v) is 15.0. The normalized spacial score (nSPS) is 14.0. The summed E-state index contributed by atoms with van der Waals surface area (Å²) in [5.41, 5.74) is 11.5. The van der Waals surface area contributed by atoms with Crippen LogP contribution in [-0.4, -0.2) is 4.98 Å². The average molecular weight is 550 g/mol. The van der Waals surface area contributed by atoms with Crippen molar-refractivity contribution in [2.75, 3.05) is 0 Å². The van der Waals surface area contributed by atoms with Crippen LogP contribution in [0.15, 0.2) is 126 Å². The summed E-state index contributed by atoms with van der Waals surface area (Å²) >= 11 is 0. The zero-order valence-electron chi connectivity index (χ0n) is 24.0. The molecule has 1 N–H and O–H groups in total. The van der Waals surface area contributed by atoms with Gasteiger partial charge in [-0.25, -0.2) is 0 Å². The number of nitrogens with one attached hydrogen (secondary N) is 1. The van der Waals surface area contributed by atoms with Crippen LogP contribution < -0.4 is 0 Å². The Morgan fingerprint density at radius 2 is 1.09 bits per heavy atom. The number of hydrogen-bond donors (Lipinski definition) is 1. The zero-order chi connectivity index (χ0) is 28.4. The predicted molar refractivity (Wildman–Crippen MR) is 181 cm³/mol. The van der Waals surface area contributed by atoms with E-state index in [1.165, 1.54) is 87.5 Å². The molecule has 2 aromatic heterocycles. The van der Waals surface area contributed by atoms with Gasteiger partial charge in [0.15, 0.2) is 0 Å². The van der Waals surface area contributed by atoms with E-state index in [0.717, 1.165) is 11.2 Å². The zero-order valence-corrected chi connectivity index (χ0v) is 24.0. The summed E-state index contributed by atoms with van der Waals surface area (Å²) in [6, 6.07) is 44.3. The molecule has 0 saturated heterocycles. The molecule has 10 rings (SSSR count). The number of rotatable bonds is 0. The van der Waals surface area contributed by atoms with Gasteiger partial charge >= 0.3 is 0 Å². The molecular weight excluding hydrogens is 522 g/mol. The van der Waals surface area contributed by atoms with Gasteiger partial charge in [-0.1, -0.05) is 117 Å². The van der Waals surface area contributed by atoms with Crippen molar-refractivity contribution in [1.29, 1.82) is 0 Å². The Hall–Kier alpha value is -5.34. The summed E-state index contributed by atoms with van der Waals surface area (Å²) in [5.74, 6) is 0. The summed E-state index contributed by atoms with van der Waals surface area (Å²) in [5, 5.41) is 9.93. The van der Waals surface area contributed by atoms with Crippen molar-refractivity contribution in [2.24, 2.45) is 0 Å². The molecule has 9 aromatic rings. The number of hydrogen-bond acceptors (Lipinski definition) is 1. The number of fused-ring (bicyclic) bond motifs is 17. The Balaban J connectivity index is 1.40. The highest BCUT2D eigenvalue weighted by atomic mass is 16.3. The van der Waals surface area contributed by atoms with Gasteiger partial charge in [0.05, 0.1) is 5.52 Å². The lowest BCUT2D eigenvalue weighted by Crippen LogP contribution is -2.21. The highest BCUT2D eigenvalue weighted by Gasteiger charge is 2.38. The maximum Gasteiger partial charge on any atom is 0.140 e. The molecule has 0 radical (unpaired) electrons. The quantitative estimate of drug-likeness (QED) is 0.200. The van der Waals surface area contributed by atoms with Crippen LogP contribution in [0.3, 0.4) is 0 Å². The highest BCUT2D eigenvalue weighted by molar-refractivity contribution is 6.23. The van der Waals surface area contributed by atoms with E-state index >= 15 is 0 Å². The topological polar surface area (TPSA) is 28.9 Å². The SMILES string of the molecule is CC1(C)c2c(ccc3c2[nH]c2ccc4ccccc4c23)-c2ccccc2-c2ccc3c(oc4ccc5ccccc5c43)c21. The highest BCUT2D eigenvalue weighted by Crippen LogP contribution is 2.54. The summed E-state index contributed by atoms with van der Waals surface area (Å²) in [7, 11) is 0. The second-order valence-corrected chi connectivity index (χ2v) is 12.5. The number of aromatic amines is 1. The van der Waals surface area contributed by atoms with Crippen LogP contribution in [-0.2, 0) is 5.41 Å². The maximum atomic E-state index is 6.90. The molecule has 202 valence electrons. The second kappa shape index (κ2) is 7.93. The van der Waals surface area contributed by atoms with Crippen LogP contribution in [0.25, 0.3) is 87.5 Å². The molecule has 0 amide bonds. The van der Waals surface area contributed by atoms with Gasteiger partial charge < -0.3 is 9.40 Å². The molecule has 0 saturated carbocycles. The van der Waals surface area contributed by atoms with Gasteiger partial charge in [-0.15, -0.1) is 0 Å². The van der Waals surface area contributed by atoms with Gasteiger partial charge in [0.2, 0.25) is 0 Å². The lowest BCUT2D eigenvalue weighted by Gasteiger charge is -2.29. The maximum absolute atomic E-state index is 6.90. The van der Waals surface area contributed by atoms with Gasteiger partial charge in [0, 0.05) is 38.0 Å². The van der Waals surface area contributed by atoms with Crippen molar-refractivity contribution in [2.45, 2.75) is 19.3 Å². The van der Waals surface area contributed by atoms with Crippen molar-refractivity contribution >= 4 is 65.3 Å². The van der Waals surface area contributed by atoms with E-state index in [1.807, 2.05) is 0 Å². The Bertz CT molecular complexity index is 2460. The minimum Gasteiger partial charge on any atom is -0.456 e. The van der Waals surface area contributed by atoms with Crippen molar-refractivity contribution in [3.05, 3.63) is 132 Å². The van der Waals surface area contributed by atoms with Crippen LogP contribution in [0.1, 0.15) is 25.0 Å². The average Bonchev–Trinajstić information content (AvgIpc) is 3.60. The van der Waals surface area contributed by atoms with Crippen molar-refractivity contribution in [3.63, 3.8) is 0 Å². The smallest absolute Gasteiger partial charge is 0.140 e. The molecule has 0 aliphatic heterocycles. The van der Waals surface area contributed by atoms with Crippen LogP contribution in [0, 0.1) is 0 Å². The van der Waals surface area contributed by atoms with Crippen molar-refractivity contribution < 1.29 is 4.42 Å². The number of furan rings is 1. The largest absolute Gasteiger partial charge is 0.456 e. The summed E-state index contributed by atoms with van der Waals surface area (Å²) in [6.07, 6.45) is 0. The Labute approximate surface area is 248 Å². The van der Waals surface area contributed by atoms with Gasteiger partial charge in [0.25, 0.3) is 0 Å². The molecule has 1 aliphatic carbocycles. The number of H-pyrrole nitrogens is 1. The van der Waals surface area contributed by atoms with Crippen LogP contribution in [0.2, 0.25) is 0 Å². The molecule has 1 aliphatic rings. The molecule has 0 spiro atoms. The van der Waals surface area contributed by atoms with E-state index in [0.29, 0.717) is 0 Å². The first kappa shape index (κ1) is 23.2. The van der Waals surface area contributed by atoms with E-state index in [2.05, 4.69) is 140 Å². The molecule has 7 aromatic carbocycles. The van der Waals surface area contributed by atoms with Gasteiger partial charge in [-0.2, -0.15) is 0 Å². The third-order valence-corrected chi connectivity index (χ3v) is 9.95. The predicted octanol–water partition coefficient (Wildman–Crippen LogP) is 11.5. The number of aromatic nitrogens is 1. The molecule has 2 nitrogen and oxygen atoms in total. The van der Waals surface area contributed by atoms with Crippen LogP contribution in [0.5, 0.6) is 0 Å². The molecule has 43 heavy (non-hydrogen) atoms. The fraction of sp³-hybridized carbons (Fsp3) is 0.0732. The first-order chi connectivity index (χ1) is 21.1. The first-order valence-electron chi connectivity index (χ1n) is 15.0. The lowest BCUT2D eigenvalue weighted by atomic mass is 9.74. The van der Waals surface area contributed by atoms with E-state index in [-0.39, 0.29) is 5.41 Å².